The second-order valence-electron chi connectivity index (χ2n) is 6.09. The molecular formula is C16H24N2. The zero-order valence-electron chi connectivity index (χ0n) is 11.9. The van der Waals surface area contributed by atoms with Gasteiger partial charge in [-0.25, -0.2) is 0 Å². The van der Waals surface area contributed by atoms with E-state index in [2.05, 4.69) is 42.8 Å². The molecule has 2 aliphatic rings. The summed E-state index contributed by atoms with van der Waals surface area (Å²) in [6, 6.07) is 5.48. The SMILES string of the molecule is Cc1cc(C)c2c(c1)CCCC1CN(C)CCN21. The van der Waals surface area contributed by atoms with Crippen LogP contribution in [0.25, 0.3) is 0 Å². The molecular weight excluding hydrogens is 220 g/mol. The Bertz CT molecular complexity index is 453. The minimum atomic E-state index is 0.728. The minimum absolute atomic E-state index is 0.728. The molecule has 0 radical (unpaired) electrons. The Labute approximate surface area is 111 Å². The van der Waals surface area contributed by atoms with Crippen molar-refractivity contribution in [1.82, 2.24) is 4.90 Å². The highest BCUT2D eigenvalue weighted by atomic mass is 15.3. The summed E-state index contributed by atoms with van der Waals surface area (Å²) in [5.74, 6) is 0. The highest BCUT2D eigenvalue weighted by Crippen LogP contribution is 2.34. The van der Waals surface area contributed by atoms with Crippen LogP contribution in [0.3, 0.4) is 0 Å². The molecule has 0 spiro atoms. The predicted octanol–water partition coefficient (Wildman–Crippen LogP) is 2.76. The molecule has 3 rings (SSSR count). The minimum Gasteiger partial charge on any atom is -0.366 e. The molecule has 1 fully saturated rings. The van der Waals surface area contributed by atoms with Crippen molar-refractivity contribution in [2.24, 2.45) is 0 Å². The lowest BCUT2D eigenvalue weighted by molar-refractivity contribution is 0.260. The molecule has 1 aromatic carbocycles. The predicted molar refractivity (Wildman–Crippen MR) is 77.5 cm³/mol. The molecule has 18 heavy (non-hydrogen) atoms. The van der Waals surface area contributed by atoms with Crippen molar-refractivity contribution in [3.8, 4) is 0 Å². The van der Waals surface area contributed by atoms with Gasteiger partial charge < -0.3 is 9.80 Å². The van der Waals surface area contributed by atoms with Gasteiger partial charge >= 0.3 is 0 Å². The third kappa shape index (κ3) is 2.03. The van der Waals surface area contributed by atoms with Crippen LogP contribution in [0.15, 0.2) is 12.1 Å². The first-order valence-electron chi connectivity index (χ1n) is 7.20. The summed E-state index contributed by atoms with van der Waals surface area (Å²) >= 11 is 0. The fourth-order valence-corrected chi connectivity index (χ4v) is 3.73. The highest BCUT2D eigenvalue weighted by Gasteiger charge is 2.29. The molecule has 1 aromatic rings. The number of hydrogen-bond donors (Lipinski definition) is 0. The van der Waals surface area contributed by atoms with Crippen LogP contribution >= 0.6 is 0 Å². The van der Waals surface area contributed by atoms with Gasteiger partial charge in [0.25, 0.3) is 0 Å². The van der Waals surface area contributed by atoms with Crippen LogP contribution in [0.1, 0.15) is 29.5 Å². The quantitative estimate of drug-likeness (QED) is 0.692. The third-order valence-corrected chi connectivity index (χ3v) is 4.48. The number of fused-ring (bicyclic) bond motifs is 3. The van der Waals surface area contributed by atoms with E-state index in [9.17, 15) is 0 Å². The molecule has 0 aromatic heterocycles. The van der Waals surface area contributed by atoms with Crippen molar-refractivity contribution < 1.29 is 0 Å². The van der Waals surface area contributed by atoms with E-state index in [1.165, 1.54) is 50.0 Å². The number of likely N-dealkylation sites (N-methyl/N-ethyl adjacent to an activating group) is 1. The van der Waals surface area contributed by atoms with E-state index in [0.717, 1.165) is 6.04 Å². The van der Waals surface area contributed by atoms with Crippen molar-refractivity contribution in [3.05, 3.63) is 28.8 Å². The molecule has 2 heterocycles. The molecule has 1 unspecified atom stereocenters. The summed E-state index contributed by atoms with van der Waals surface area (Å²) in [5, 5.41) is 0. The average Bonchev–Trinajstić information content (AvgIpc) is 2.47. The Morgan fingerprint density at radius 2 is 2.00 bits per heavy atom. The van der Waals surface area contributed by atoms with Crippen molar-refractivity contribution in [1.29, 1.82) is 0 Å². The van der Waals surface area contributed by atoms with E-state index in [1.807, 2.05) is 0 Å². The lowest BCUT2D eigenvalue weighted by Gasteiger charge is -2.42. The number of aryl methyl sites for hydroxylation is 3. The normalized spacial score (nSPS) is 24.4. The Morgan fingerprint density at radius 3 is 2.83 bits per heavy atom. The molecule has 0 bridgehead atoms. The average molecular weight is 244 g/mol. The van der Waals surface area contributed by atoms with E-state index >= 15 is 0 Å². The van der Waals surface area contributed by atoms with Gasteiger partial charge in [0.2, 0.25) is 0 Å². The van der Waals surface area contributed by atoms with Gasteiger partial charge in [-0.3, -0.25) is 0 Å². The smallest absolute Gasteiger partial charge is 0.0432 e. The molecule has 0 N–H and O–H groups in total. The first-order chi connectivity index (χ1) is 8.65. The largest absolute Gasteiger partial charge is 0.366 e. The fourth-order valence-electron chi connectivity index (χ4n) is 3.73. The van der Waals surface area contributed by atoms with Crippen LogP contribution in [0.2, 0.25) is 0 Å². The molecule has 0 aliphatic carbocycles. The zero-order chi connectivity index (χ0) is 12.7. The molecule has 2 heteroatoms. The van der Waals surface area contributed by atoms with Crippen LogP contribution in [0.5, 0.6) is 0 Å². The summed E-state index contributed by atoms with van der Waals surface area (Å²) in [6.07, 6.45) is 3.94. The number of anilines is 1. The lowest BCUT2D eigenvalue weighted by Crippen LogP contribution is -2.51. The van der Waals surface area contributed by atoms with E-state index in [4.69, 9.17) is 0 Å². The molecule has 98 valence electrons. The maximum atomic E-state index is 2.69. The zero-order valence-corrected chi connectivity index (χ0v) is 11.9. The molecule has 1 saturated heterocycles. The summed E-state index contributed by atoms with van der Waals surface area (Å²) in [4.78, 5) is 5.17. The van der Waals surface area contributed by atoms with Crippen LogP contribution < -0.4 is 4.90 Å². The summed E-state index contributed by atoms with van der Waals surface area (Å²) in [7, 11) is 2.26. The van der Waals surface area contributed by atoms with E-state index < -0.39 is 0 Å². The van der Waals surface area contributed by atoms with E-state index in [1.54, 1.807) is 11.3 Å². The summed E-state index contributed by atoms with van der Waals surface area (Å²) < 4.78 is 0. The van der Waals surface area contributed by atoms with Gasteiger partial charge in [-0.1, -0.05) is 17.7 Å². The van der Waals surface area contributed by atoms with Crippen LogP contribution in [-0.2, 0) is 6.42 Å². The van der Waals surface area contributed by atoms with Gasteiger partial charge in [-0.15, -0.1) is 0 Å². The second kappa shape index (κ2) is 4.58. The van der Waals surface area contributed by atoms with Crippen LogP contribution in [0.4, 0.5) is 5.69 Å². The topological polar surface area (TPSA) is 6.48 Å². The van der Waals surface area contributed by atoms with Crippen LogP contribution in [0, 0.1) is 13.8 Å². The molecule has 2 aliphatic heterocycles. The standard InChI is InChI=1S/C16H24N2/c1-12-9-13(2)16-14(10-12)5-4-6-15-11-17(3)7-8-18(15)16/h9-10,15H,4-8,11H2,1-3H3. The lowest BCUT2D eigenvalue weighted by atomic mass is 10.0. The van der Waals surface area contributed by atoms with Gasteiger partial charge in [0.15, 0.2) is 0 Å². The van der Waals surface area contributed by atoms with Gasteiger partial charge in [-0.05, 0) is 51.3 Å². The van der Waals surface area contributed by atoms with E-state index in [0.29, 0.717) is 0 Å². The molecule has 0 saturated carbocycles. The van der Waals surface area contributed by atoms with Gasteiger partial charge in [0.05, 0.1) is 0 Å². The molecule has 1 atom stereocenters. The van der Waals surface area contributed by atoms with Gasteiger partial charge in [0, 0.05) is 31.4 Å². The van der Waals surface area contributed by atoms with Crippen molar-refractivity contribution in [2.45, 2.75) is 39.2 Å². The number of rotatable bonds is 0. The Balaban J connectivity index is 2.03. The molecule has 2 nitrogen and oxygen atoms in total. The summed E-state index contributed by atoms with van der Waals surface area (Å²) in [5.41, 5.74) is 6.02. The maximum Gasteiger partial charge on any atom is 0.0432 e. The Hall–Kier alpha value is -1.02. The monoisotopic (exact) mass is 244 g/mol. The van der Waals surface area contributed by atoms with Gasteiger partial charge in [0.1, 0.15) is 0 Å². The number of benzene rings is 1. The Morgan fingerprint density at radius 1 is 1.17 bits per heavy atom. The second-order valence-corrected chi connectivity index (χ2v) is 6.09. The fraction of sp³-hybridized carbons (Fsp3) is 0.625. The number of piperazine rings is 1. The number of nitrogens with zero attached hydrogens (tertiary/aromatic N) is 2. The first-order valence-corrected chi connectivity index (χ1v) is 7.20. The third-order valence-electron chi connectivity index (χ3n) is 4.48. The van der Waals surface area contributed by atoms with Gasteiger partial charge in [-0.2, -0.15) is 0 Å². The maximum absolute atomic E-state index is 2.69. The van der Waals surface area contributed by atoms with Crippen molar-refractivity contribution in [2.75, 3.05) is 31.6 Å². The van der Waals surface area contributed by atoms with Crippen LogP contribution in [-0.4, -0.2) is 37.6 Å². The first kappa shape index (κ1) is 12.0. The van der Waals surface area contributed by atoms with E-state index in [-0.39, 0.29) is 0 Å². The molecule has 0 amide bonds. The Kier molecular flexibility index (Phi) is 3.06. The van der Waals surface area contributed by atoms with Crippen molar-refractivity contribution in [3.63, 3.8) is 0 Å². The summed E-state index contributed by atoms with van der Waals surface area (Å²) in [6.45, 7) is 8.13. The highest BCUT2D eigenvalue weighted by molar-refractivity contribution is 5.62. The van der Waals surface area contributed by atoms with Crippen molar-refractivity contribution >= 4 is 5.69 Å². The number of hydrogen-bond acceptors (Lipinski definition) is 2.